The van der Waals surface area contributed by atoms with Gasteiger partial charge in [-0.15, -0.1) is 0 Å². The Balaban J connectivity index is 1.85. The van der Waals surface area contributed by atoms with E-state index in [1.807, 2.05) is 29.2 Å². The molecule has 1 unspecified atom stereocenters. The number of carbonyl (C=O) groups excluding carboxylic acids is 1. The Morgan fingerprint density at radius 2 is 2.03 bits per heavy atom. The summed E-state index contributed by atoms with van der Waals surface area (Å²) in [6.07, 6.45) is 0.713. The zero-order chi connectivity index (χ0) is 20.5. The SMILES string of the molecule is COCCCN1C(=O)c2[nH]nc(-c3cc(Cl)ccc3O)c2C1c1ccc(Br)cc1. The Kier molecular flexibility index (Phi) is 5.63. The van der Waals surface area contributed by atoms with E-state index in [9.17, 15) is 9.90 Å². The van der Waals surface area contributed by atoms with Crippen LogP contribution in [0.2, 0.25) is 5.02 Å². The monoisotopic (exact) mass is 475 g/mol. The molecule has 2 N–H and O–H groups in total. The molecule has 0 saturated heterocycles. The molecular formula is C21H19BrClN3O3. The number of fused-ring (bicyclic) bond motifs is 1. The number of hydrogen-bond donors (Lipinski definition) is 2. The molecule has 8 heteroatoms. The van der Waals surface area contributed by atoms with Crippen molar-refractivity contribution in [2.45, 2.75) is 12.5 Å². The predicted octanol–water partition coefficient (Wildman–Crippen LogP) is 4.78. The van der Waals surface area contributed by atoms with Gasteiger partial charge in [0.2, 0.25) is 0 Å². The van der Waals surface area contributed by atoms with Crippen molar-refractivity contribution in [3.63, 3.8) is 0 Å². The second-order valence-electron chi connectivity index (χ2n) is 6.82. The van der Waals surface area contributed by atoms with E-state index >= 15 is 0 Å². The van der Waals surface area contributed by atoms with Gasteiger partial charge >= 0.3 is 0 Å². The standard InChI is InChI=1S/C21H19BrClN3O3/c1-29-10-2-9-26-20(12-3-5-13(22)6-4-12)17-18(24-25-19(17)21(26)28)15-11-14(23)7-8-16(15)27/h3-8,11,20,27H,2,9-10H2,1H3,(H,24,25). The number of ether oxygens (including phenoxy) is 1. The maximum absolute atomic E-state index is 13.2. The molecule has 29 heavy (non-hydrogen) atoms. The van der Waals surface area contributed by atoms with E-state index in [4.69, 9.17) is 16.3 Å². The van der Waals surface area contributed by atoms with Crippen molar-refractivity contribution in [2.24, 2.45) is 0 Å². The number of hydrogen-bond acceptors (Lipinski definition) is 4. The van der Waals surface area contributed by atoms with Gasteiger partial charge in [0, 0.05) is 40.9 Å². The summed E-state index contributed by atoms with van der Waals surface area (Å²) in [7, 11) is 1.64. The molecule has 1 aliphatic heterocycles. The Morgan fingerprint density at radius 1 is 1.28 bits per heavy atom. The fraction of sp³-hybridized carbons (Fsp3) is 0.238. The van der Waals surface area contributed by atoms with Gasteiger partial charge in [0.15, 0.2) is 0 Å². The summed E-state index contributed by atoms with van der Waals surface area (Å²) in [4.78, 5) is 15.0. The van der Waals surface area contributed by atoms with E-state index in [0.29, 0.717) is 41.5 Å². The third-order valence-electron chi connectivity index (χ3n) is 5.01. The summed E-state index contributed by atoms with van der Waals surface area (Å²) in [6.45, 7) is 1.10. The lowest BCUT2D eigenvalue weighted by atomic mass is 9.95. The van der Waals surface area contributed by atoms with Crippen LogP contribution in [0.4, 0.5) is 0 Å². The maximum atomic E-state index is 13.2. The van der Waals surface area contributed by atoms with E-state index in [1.165, 1.54) is 6.07 Å². The molecule has 1 atom stereocenters. The number of phenols is 1. The summed E-state index contributed by atoms with van der Waals surface area (Å²) in [5, 5.41) is 18.1. The van der Waals surface area contributed by atoms with E-state index in [2.05, 4.69) is 26.1 Å². The van der Waals surface area contributed by atoms with Crippen LogP contribution in [0.1, 0.15) is 34.1 Å². The topological polar surface area (TPSA) is 78.5 Å². The van der Waals surface area contributed by atoms with Crippen LogP contribution in [0.25, 0.3) is 11.3 Å². The summed E-state index contributed by atoms with van der Waals surface area (Å²) >= 11 is 9.61. The number of phenolic OH excluding ortho intramolecular Hbond substituents is 1. The lowest BCUT2D eigenvalue weighted by Crippen LogP contribution is -2.31. The van der Waals surface area contributed by atoms with Crippen LogP contribution in [-0.4, -0.2) is 46.4 Å². The van der Waals surface area contributed by atoms with Crippen LogP contribution in [0.3, 0.4) is 0 Å². The maximum Gasteiger partial charge on any atom is 0.273 e. The molecule has 4 rings (SSSR count). The van der Waals surface area contributed by atoms with Crippen LogP contribution in [-0.2, 0) is 4.74 Å². The van der Waals surface area contributed by atoms with Gasteiger partial charge in [0.1, 0.15) is 17.1 Å². The van der Waals surface area contributed by atoms with Crippen LogP contribution in [0.15, 0.2) is 46.9 Å². The van der Waals surface area contributed by atoms with Gasteiger partial charge in [-0.2, -0.15) is 5.10 Å². The Labute approximate surface area is 181 Å². The summed E-state index contributed by atoms with van der Waals surface area (Å²) in [5.74, 6) is -0.0622. The minimum absolute atomic E-state index is 0.0588. The number of nitrogens with zero attached hydrogens (tertiary/aromatic N) is 2. The average Bonchev–Trinajstić information content (AvgIpc) is 3.24. The van der Waals surface area contributed by atoms with Gasteiger partial charge in [0.05, 0.1) is 6.04 Å². The second kappa shape index (κ2) is 8.18. The Morgan fingerprint density at radius 3 is 2.76 bits per heavy atom. The molecule has 0 radical (unpaired) electrons. The van der Waals surface area contributed by atoms with Crippen molar-refractivity contribution < 1.29 is 14.6 Å². The number of aromatic hydroxyl groups is 1. The van der Waals surface area contributed by atoms with Crippen molar-refractivity contribution in [1.29, 1.82) is 0 Å². The fourth-order valence-electron chi connectivity index (χ4n) is 3.70. The van der Waals surface area contributed by atoms with Crippen LogP contribution in [0, 0.1) is 0 Å². The lowest BCUT2D eigenvalue weighted by Gasteiger charge is -2.26. The highest BCUT2D eigenvalue weighted by atomic mass is 79.9. The Bertz CT molecular complexity index is 1050. The first-order valence-corrected chi connectivity index (χ1v) is 10.3. The van der Waals surface area contributed by atoms with Crippen molar-refractivity contribution >= 4 is 33.4 Å². The summed E-state index contributed by atoms with van der Waals surface area (Å²) < 4.78 is 6.12. The van der Waals surface area contributed by atoms with Gasteiger partial charge in [0.25, 0.3) is 5.91 Å². The summed E-state index contributed by atoms with van der Waals surface area (Å²) in [5.41, 5.74) is 3.15. The fourth-order valence-corrected chi connectivity index (χ4v) is 4.14. The highest BCUT2D eigenvalue weighted by molar-refractivity contribution is 9.10. The van der Waals surface area contributed by atoms with E-state index in [1.54, 1.807) is 19.2 Å². The summed E-state index contributed by atoms with van der Waals surface area (Å²) in [6, 6.07) is 12.3. The molecule has 1 aliphatic rings. The van der Waals surface area contributed by atoms with Crippen LogP contribution < -0.4 is 0 Å². The molecule has 0 fully saturated rings. The quantitative estimate of drug-likeness (QED) is 0.502. The van der Waals surface area contributed by atoms with Gasteiger partial charge in [-0.1, -0.05) is 39.7 Å². The van der Waals surface area contributed by atoms with Crippen LogP contribution >= 0.6 is 27.5 Å². The number of benzene rings is 2. The minimum atomic E-state index is -0.324. The number of H-pyrrole nitrogens is 1. The number of aromatic amines is 1. The smallest absolute Gasteiger partial charge is 0.273 e. The molecule has 3 aromatic rings. The molecule has 2 heterocycles. The van der Waals surface area contributed by atoms with Crippen molar-refractivity contribution in [3.05, 3.63) is 68.8 Å². The molecule has 0 bridgehead atoms. The number of aromatic nitrogens is 2. The number of amides is 1. The number of nitrogens with one attached hydrogen (secondary N) is 1. The van der Waals surface area contributed by atoms with Gasteiger partial charge < -0.3 is 14.7 Å². The molecular weight excluding hydrogens is 458 g/mol. The third-order valence-corrected chi connectivity index (χ3v) is 5.77. The third kappa shape index (κ3) is 3.66. The van der Waals surface area contributed by atoms with Crippen molar-refractivity contribution in [3.8, 4) is 17.0 Å². The molecule has 1 amide bonds. The van der Waals surface area contributed by atoms with Crippen molar-refractivity contribution in [2.75, 3.05) is 20.3 Å². The van der Waals surface area contributed by atoms with Gasteiger partial charge in [-0.3, -0.25) is 9.89 Å². The number of halogens is 2. The van der Waals surface area contributed by atoms with Gasteiger partial charge in [-0.25, -0.2) is 0 Å². The molecule has 150 valence electrons. The zero-order valence-electron chi connectivity index (χ0n) is 15.7. The first kappa shape index (κ1) is 19.9. The first-order chi connectivity index (χ1) is 14.0. The number of rotatable bonds is 6. The molecule has 6 nitrogen and oxygen atoms in total. The molecule has 0 spiro atoms. The molecule has 0 saturated carbocycles. The average molecular weight is 477 g/mol. The lowest BCUT2D eigenvalue weighted by molar-refractivity contribution is 0.0723. The van der Waals surface area contributed by atoms with E-state index < -0.39 is 0 Å². The van der Waals surface area contributed by atoms with Crippen LogP contribution in [0.5, 0.6) is 5.75 Å². The van der Waals surface area contributed by atoms with E-state index in [-0.39, 0.29) is 17.7 Å². The highest BCUT2D eigenvalue weighted by Gasteiger charge is 2.42. The Hall–Kier alpha value is -2.35. The zero-order valence-corrected chi connectivity index (χ0v) is 18.0. The molecule has 0 aliphatic carbocycles. The van der Waals surface area contributed by atoms with Gasteiger partial charge in [-0.05, 0) is 42.3 Å². The second-order valence-corrected chi connectivity index (χ2v) is 8.17. The van der Waals surface area contributed by atoms with Crippen molar-refractivity contribution in [1.82, 2.24) is 15.1 Å². The molecule has 2 aromatic carbocycles. The molecule has 1 aromatic heterocycles. The largest absolute Gasteiger partial charge is 0.507 e. The normalized spacial score (nSPS) is 15.8. The number of carbonyl (C=O) groups is 1. The highest BCUT2D eigenvalue weighted by Crippen LogP contribution is 2.45. The predicted molar refractivity (Wildman–Crippen MR) is 114 cm³/mol. The number of methoxy groups -OCH3 is 1. The minimum Gasteiger partial charge on any atom is -0.507 e. The first-order valence-electron chi connectivity index (χ1n) is 9.13. The van der Waals surface area contributed by atoms with E-state index in [0.717, 1.165) is 15.6 Å².